The lowest BCUT2D eigenvalue weighted by molar-refractivity contribution is -0.384. The van der Waals surface area contributed by atoms with Crippen LogP contribution >= 0.6 is 0 Å². The molecule has 1 aromatic heterocycles. The summed E-state index contributed by atoms with van der Waals surface area (Å²) >= 11 is 0. The topological polar surface area (TPSA) is 73.3 Å². The van der Waals surface area contributed by atoms with Crippen molar-refractivity contribution in [1.29, 1.82) is 0 Å². The number of hydrogen-bond acceptors (Lipinski definition) is 4. The second kappa shape index (κ2) is 6.29. The van der Waals surface area contributed by atoms with Crippen molar-refractivity contribution in [3.8, 4) is 11.1 Å². The largest absolute Gasteiger partial charge is 0.452 e. The number of nitro groups is 1. The van der Waals surface area contributed by atoms with Gasteiger partial charge in [-0.2, -0.15) is 0 Å². The van der Waals surface area contributed by atoms with Gasteiger partial charge in [0, 0.05) is 28.6 Å². The molecule has 5 nitrogen and oxygen atoms in total. The number of para-hydroxylation sites is 1. The highest BCUT2D eigenvalue weighted by Crippen LogP contribution is 2.36. The van der Waals surface area contributed by atoms with E-state index in [1.165, 1.54) is 12.1 Å². The Balaban J connectivity index is 1.92. The highest BCUT2D eigenvalue weighted by Gasteiger charge is 2.23. The van der Waals surface area contributed by atoms with Crippen LogP contribution in [0.3, 0.4) is 0 Å². The Hall–Kier alpha value is -3.73. The van der Waals surface area contributed by atoms with Crippen LogP contribution in [0.5, 0.6) is 0 Å². The predicted molar refractivity (Wildman–Crippen MR) is 98.2 cm³/mol. The van der Waals surface area contributed by atoms with Gasteiger partial charge in [-0.25, -0.2) is 0 Å². The molecular weight excluding hydrogens is 330 g/mol. The van der Waals surface area contributed by atoms with Gasteiger partial charge in [0.15, 0.2) is 5.76 Å². The summed E-state index contributed by atoms with van der Waals surface area (Å²) in [6.45, 7) is 0. The van der Waals surface area contributed by atoms with Gasteiger partial charge in [0.05, 0.1) is 4.92 Å². The molecule has 126 valence electrons. The van der Waals surface area contributed by atoms with Crippen LogP contribution in [0.4, 0.5) is 5.69 Å². The number of non-ortho nitro benzene ring substituents is 1. The van der Waals surface area contributed by atoms with Crippen LogP contribution < -0.4 is 0 Å². The van der Waals surface area contributed by atoms with Gasteiger partial charge in [0.25, 0.3) is 5.69 Å². The first-order chi connectivity index (χ1) is 12.6. The zero-order valence-electron chi connectivity index (χ0n) is 13.6. The Morgan fingerprint density at radius 1 is 0.846 bits per heavy atom. The quantitative estimate of drug-likeness (QED) is 0.288. The number of rotatable bonds is 4. The fourth-order valence-corrected chi connectivity index (χ4v) is 2.96. The molecule has 0 aliphatic heterocycles. The Labute approximate surface area is 148 Å². The number of nitro benzene ring substituents is 1. The molecular formula is C21H13NO4. The summed E-state index contributed by atoms with van der Waals surface area (Å²) in [5.74, 6) is 0.00130. The molecule has 0 saturated heterocycles. The molecule has 0 saturated carbocycles. The molecule has 4 rings (SSSR count). The summed E-state index contributed by atoms with van der Waals surface area (Å²) in [4.78, 5) is 23.4. The van der Waals surface area contributed by atoms with Crippen molar-refractivity contribution in [2.45, 2.75) is 0 Å². The van der Waals surface area contributed by atoms with Crippen molar-refractivity contribution in [1.82, 2.24) is 0 Å². The van der Waals surface area contributed by atoms with Crippen molar-refractivity contribution >= 4 is 22.4 Å². The zero-order valence-corrected chi connectivity index (χ0v) is 13.6. The molecule has 0 aliphatic carbocycles. The third-order valence-corrected chi connectivity index (χ3v) is 4.20. The van der Waals surface area contributed by atoms with E-state index >= 15 is 0 Å². The summed E-state index contributed by atoms with van der Waals surface area (Å²) in [7, 11) is 0. The molecule has 26 heavy (non-hydrogen) atoms. The average molecular weight is 343 g/mol. The summed E-state index contributed by atoms with van der Waals surface area (Å²) < 4.78 is 5.86. The number of carbonyl (C=O) groups is 1. The molecule has 0 radical (unpaired) electrons. The van der Waals surface area contributed by atoms with E-state index in [0.717, 1.165) is 5.39 Å². The van der Waals surface area contributed by atoms with E-state index < -0.39 is 4.92 Å². The summed E-state index contributed by atoms with van der Waals surface area (Å²) in [5, 5.41) is 11.7. The molecule has 0 fully saturated rings. The second-order valence-corrected chi connectivity index (χ2v) is 5.80. The number of ketones is 1. The minimum absolute atomic E-state index is 0.00233. The van der Waals surface area contributed by atoms with E-state index in [2.05, 4.69) is 0 Å². The molecule has 0 atom stereocenters. The number of carbonyl (C=O) groups excluding carboxylic acids is 1. The van der Waals surface area contributed by atoms with Crippen molar-refractivity contribution in [3.63, 3.8) is 0 Å². The molecule has 0 aliphatic rings. The monoisotopic (exact) mass is 343 g/mol. The molecule has 3 aromatic carbocycles. The van der Waals surface area contributed by atoms with Crippen LogP contribution in [0, 0.1) is 10.1 Å². The van der Waals surface area contributed by atoms with Gasteiger partial charge in [-0.15, -0.1) is 0 Å². The normalized spacial score (nSPS) is 10.8. The summed E-state index contributed by atoms with van der Waals surface area (Å²) in [6, 6.07) is 22.4. The van der Waals surface area contributed by atoms with Gasteiger partial charge in [0.2, 0.25) is 5.78 Å². The van der Waals surface area contributed by atoms with Crippen molar-refractivity contribution in [2.24, 2.45) is 0 Å². The zero-order chi connectivity index (χ0) is 18.1. The van der Waals surface area contributed by atoms with Crippen LogP contribution in [0.25, 0.3) is 22.1 Å². The number of hydrogen-bond donors (Lipinski definition) is 0. The molecule has 4 aromatic rings. The lowest BCUT2D eigenvalue weighted by atomic mass is 9.98. The van der Waals surface area contributed by atoms with Gasteiger partial charge in [-0.1, -0.05) is 48.5 Å². The lowest BCUT2D eigenvalue weighted by Gasteiger charge is -2.03. The fraction of sp³-hybridized carbons (Fsp3) is 0. The van der Waals surface area contributed by atoms with Crippen molar-refractivity contribution < 1.29 is 14.1 Å². The van der Waals surface area contributed by atoms with Crippen LogP contribution in [0.2, 0.25) is 0 Å². The SMILES string of the molecule is O=C(c1ccccc1)c1oc2ccccc2c1-c1ccc([N+](=O)[O-])cc1. The van der Waals surface area contributed by atoms with Crippen LogP contribution in [0.15, 0.2) is 83.3 Å². The average Bonchev–Trinajstić information content (AvgIpc) is 3.07. The van der Waals surface area contributed by atoms with E-state index in [9.17, 15) is 14.9 Å². The highest BCUT2D eigenvalue weighted by atomic mass is 16.6. The van der Waals surface area contributed by atoms with Crippen LogP contribution in [-0.4, -0.2) is 10.7 Å². The van der Waals surface area contributed by atoms with Gasteiger partial charge in [0.1, 0.15) is 5.58 Å². The smallest absolute Gasteiger partial charge is 0.269 e. The number of nitrogens with zero attached hydrogens (tertiary/aromatic N) is 1. The van der Waals surface area contributed by atoms with Crippen molar-refractivity contribution in [2.75, 3.05) is 0 Å². The molecule has 5 heteroatoms. The second-order valence-electron chi connectivity index (χ2n) is 5.80. The van der Waals surface area contributed by atoms with E-state index in [-0.39, 0.29) is 17.2 Å². The van der Waals surface area contributed by atoms with Crippen LogP contribution in [-0.2, 0) is 0 Å². The minimum atomic E-state index is -0.451. The maximum Gasteiger partial charge on any atom is 0.269 e. The fourth-order valence-electron chi connectivity index (χ4n) is 2.96. The Bertz CT molecular complexity index is 1110. The van der Waals surface area contributed by atoms with Crippen molar-refractivity contribution in [3.05, 3.63) is 100 Å². The first kappa shape index (κ1) is 15.8. The molecule has 0 amide bonds. The highest BCUT2D eigenvalue weighted by molar-refractivity contribution is 6.15. The maximum atomic E-state index is 13.0. The van der Waals surface area contributed by atoms with Gasteiger partial charge in [-0.3, -0.25) is 14.9 Å². The summed E-state index contributed by atoms with van der Waals surface area (Å²) in [6.07, 6.45) is 0. The van der Waals surface area contributed by atoms with E-state index in [4.69, 9.17) is 4.42 Å². The molecule has 0 unspecified atom stereocenters. The van der Waals surface area contributed by atoms with Gasteiger partial charge >= 0.3 is 0 Å². The molecule has 0 bridgehead atoms. The Morgan fingerprint density at radius 3 is 2.19 bits per heavy atom. The number of fused-ring (bicyclic) bond motifs is 1. The third-order valence-electron chi connectivity index (χ3n) is 4.20. The molecule has 0 spiro atoms. The number of furan rings is 1. The lowest BCUT2D eigenvalue weighted by Crippen LogP contribution is -2.01. The minimum Gasteiger partial charge on any atom is -0.452 e. The van der Waals surface area contributed by atoms with E-state index in [1.807, 2.05) is 24.3 Å². The van der Waals surface area contributed by atoms with Crippen LogP contribution in [0.1, 0.15) is 16.1 Å². The standard InChI is InChI=1S/C21H13NO4/c23-20(15-6-2-1-3-7-15)21-19(17-8-4-5-9-18(17)26-21)14-10-12-16(13-11-14)22(24)25/h1-13H. The first-order valence-corrected chi connectivity index (χ1v) is 8.01. The molecule has 0 N–H and O–H groups in total. The Morgan fingerprint density at radius 2 is 1.50 bits per heavy atom. The molecule has 1 heterocycles. The van der Waals surface area contributed by atoms with E-state index in [0.29, 0.717) is 22.3 Å². The maximum absolute atomic E-state index is 13.0. The first-order valence-electron chi connectivity index (χ1n) is 8.01. The van der Waals surface area contributed by atoms with Gasteiger partial charge in [-0.05, 0) is 23.8 Å². The Kier molecular flexibility index (Phi) is 3.82. The van der Waals surface area contributed by atoms with E-state index in [1.54, 1.807) is 42.5 Å². The predicted octanol–water partition coefficient (Wildman–Crippen LogP) is 5.24. The van der Waals surface area contributed by atoms with Gasteiger partial charge < -0.3 is 4.42 Å². The summed E-state index contributed by atoms with van der Waals surface area (Å²) in [5.41, 5.74) is 2.46. The third kappa shape index (κ3) is 2.65. The number of benzene rings is 3.